The highest BCUT2D eigenvalue weighted by Gasteiger charge is 2.17. The molecule has 1 aromatic carbocycles. The summed E-state index contributed by atoms with van der Waals surface area (Å²) in [5.74, 6) is -1.10. The molecule has 0 aromatic heterocycles. The monoisotopic (exact) mass is 234 g/mol. The molecular formula is C9H8Cl2O3. The summed E-state index contributed by atoms with van der Waals surface area (Å²) in [5, 5.41) is 18.5. The van der Waals surface area contributed by atoms with E-state index in [-0.39, 0.29) is 15.6 Å². The number of carboxylic acid groups (broad SMARTS) is 1. The van der Waals surface area contributed by atoms with Crippen LogP contribution in [-0.4, -0.2) is 16.2 Å². The van der Waals surface area contributed by atoms with E-state index < -0.39 is 18.5 Å². The van der Waals surface area contributed by atoms with Crippen LogP contribution in [0.2, 0.25) is 10.0 Å². The van der Waals surface area contributed by atoms with Crippen LogP contribution < -0.4 is 0 Å². The molecule has 0 aliphatic rings. The summed E-state index contributed by atoms with van der Waals surface area (Å²) >= 11 is 11.5. The van der Waals surface area contributed by atoms with Crippen LogP contribution in [-0.2, 0) is 4.79 Å². The van der Waals surface area contributed by atoms with Gasteiger partial charge in [0.1, 0.15) is 0 Å². The topological polar surface area (TPSA) is 57.5 Å². The molecule has 0 spiro atoms. The van der Waals surface area contributed by atoms with E-state index in [0.717, 1.165) is 0 Å². The molecule has 0 unspecified atom stereocenters. The van der Waals surface area contributed by atoms with E-state index in [1.807, 2.05) is 0 Å². The van der Waals surface area contributed by atoms with Crippen molar-refractivity contribution in [2.75, 3.05) is 0 Å². The summed E-state index contributed by atoms with van der Waals surface area (Å²) < 4.78 is 0. The Bertz CT molecular complexity index is 332. The maximum atomic E-state index is 10.4. The number of aliphatic hydroxyl groups is 1. The second-order valence-electron chi connectivity index (χ2n) is 2.75. The minimum atomic E-state index is -1.17. The summed E-state index contributed by atoms with van der Waals surface area (Å²) in [7, 11) is 0. The Morgan fingerprint density at radius 1 is 1.36 bits per heavy atom. The highest BCUT2D eigenvalue weighted by molar-refractivity contribution is 6.36. The van der Waals surface area contributed by atoms with Crippen LogP contribution >= 0.6 is 23.2 Å². The van der Waals surface area contributed by atoms with Gasteiger partial charge < -0.3 is 10.2 Å². The Kier molecular flexibility index (Phi) is 3.75. The van der Waals surface area contributed by atoms with E-state index in [1.165, 1.54) is 0 Å². The number of rotatable bonds is 3. The van der Waals surface area contributed by atoms with Gasteiger partial charge in [-0.15, -0.1) is 0 Å². The summed E-state index contributed by atoms with van der Waals surface area (Å²) in [4.78, 5) is 10.4. The largest absolute Gasteiger partial charge is 0.481 e. The third-order valence-corrected chi connectivity index (χ3v) is 2.36. The summed E-state index contributed by atoms with van der Waals surface area (Å²) in [5.41, 5.74) is 0.262. The fraction of sp³-hybridized carbons (Fsp3) is 0.222. The third kappa shape index (κ3) is 2.61. The van der Waals surface area contributed by atoms with Gasteiger partial charge in [0.2, 0.25) is 0 Å². The molecule has 76 valence electrons. The maximum absolute atomic E-state index is 10.4. The van der Waals surface area contributed by atoms with E-state index in [1.54, 1.807) is 18.2 Å². The number of carbonyl (C=O) groups is 1. The van der Waals surface area contributed by atoms with E-state index in [4.69, 9.17) is 28.3 Å². The number of aliphatic carboxylic acids is 1. The van der Waals surface area contributed by atoms with Gasteiger partial charge in [0.15, 0.2) is 0 Å². The standard InChI is InChI=1S/C9H8Cl2O3/c10-5-2-1-3-6(11)9(5)7(12)4-8(13)14/h1-3,7,12H,4H2,(H,13,14)/t7-/m0/s1. The van der Waals surface area contributed by atoms with Gasteiger partial charge in [-0.05, 0) is 12.1 Å². The quantitative estimate of drug-likeness (QED) is 0.846. The molecule has 0 saturated heterocycles. The van der Waals surface area contributed by atoms with E-state index >= 15 is 0 Å². The Morgan fingerprint density at radius 3 is 2.29 bits per heavy atom. The van der Waals surface area contributed by atoms with Crippen molar-refractivity contribution in [3.05, 3.63) is 33.8 Å². The average Bonchev–Trinajstić information content (AvgIpc) is 2.01. The van der Waals surface area contributed by atoms with Crippen molar-refractivity contribution in [3.8, 4) is 0 Å². The fourth-order valence-corrected chi connectivity index (χ4v) is 1.75. The molecule has 3 nitrogen and oxygen atoms in total. The molecule has 1 aromatic rings. The molecule has 0 saturated carbocycles. The summed E-state index contributed by atoms with van der Waals surface area (Å²) in [6.45, 7) is 0. The first-order valence-corrected chi connectivity index (χ1v) is 4.61. The number of carboxylic acids is 1. The molecule has 2 N–H and O–H groups in total. The first kappa shape index (κ1) is 11.3. The van der Waals surface area contributed by atoms with Crippen molar-refractivity contribution in [1.29, 1.82) is 0 Å². The zero-order valence-corrected chi connectivity index (χ0v) is 8.59. The Labute approximate surface area is 90.9 Å². The van der Waals surface area contributed by atoms with Gasteiger partial charge >= 0.3 is 5.97 Å². The molecular weight excluding hydrogens is 227 g/mol. The van der Waals surface area contributed by atoms with Crippen molar-refractivity contribution in [3.63, 3.8) is 0 Å². The van der Waals surface area contributed by atoms with Gasteiger partial charge in [0.05, 0.1) is 12.5 Å². The van der Waals surface area contributed by atoms with Crippen LogP contribution in [0.25, 0.3) is 0 Å². The lowest BCUT2D eigenvalue weighted by atomic mass is 10.1. The fourth-order valence-electron chi connectivity index (χ4n) is 1.10. The van der Waals surface area contributed by atoms with Crippen LogP contribution in [0.15, 0.2) is 18.2 Å². The van der Waals surface area contributed by atoms with Crippen LogP contribution in [0.1, 0.15) is 18.1 Å². The van der Waals surface area contributed by atoms with Gasteiger partial charge in [-0.3, -0.25) is 4.79 Å². The molecule has 0 amide bonds. The first-order chi connectivity index (χ1) is 6.52. The maximum Gasteiger partial charge on any atom is 0.306 e. The third-order valence-electron chi connectivity index (χ3n) is 1.70. The Hall–Kier alpha value is -0.770. The minimum absolute atomic E-state index is 0.262. The van der Waals surface area contributed by atoms with Gasteiger partial charge in [0.25, 0.3) is 0 Å². The molecule has 0 aliphatic carbocycles. The van der Waals surface area contributed by atoms with Gasteiger partial charge in [-0.2, -0.15) is 0 Å². The van der Waals surface area contributed by atoms with Gasteiger partial charge in [-0.1, -0.05) is 29.3 Å². The van der Waals surface area contributed by atoms with Crippen molar-refractivity contribution in [2.45, 2.75) is 12.5 Å². The second-order valence-corrected chi connectivity index (χ2v) is 3.56. The summed E-state index contributed by atoms with van der Waals surface area (Å²) in [6, 6.07) is 4.73. The van der Waals surface area contributed by atoms with Crippen LogP contribution in [0.5, 0.6) is 0 Å². The first-order valence-electron chi connectivity index (χ1n) is 3.86. The zero-order valence-electron chi connectivity index (χ0n) is 7.08. The molecule has 5 heteroatoms. The predicted molar refractivity (Wildman–Crippen MR) is 53.7 cm³/mol. The highest BCUT2D eigenvalue weighted by Crippen LogP contribution is 2.31. The van der Waals surface area contributed by atoms with E-state index in [9.17, 15) is 9.90 Å². The SMILES string of the molecule is O=C(O)C[C@H](O)c1c(Cl)cccc1Cl. The Balaban J connectivity index is 2.99. The summed E-state index contributed by atoms with van der Waals surface area (Å²) in [6.07, 6.45) is -1.59. The van der Waals surface area contributed by atoms with Crippen molar-refractivity contribution in [1.82, 2.24) is 0 Å². The average molecular weight is 235 g/mol. The van der Waals surface area contributed by atoms with Crippen molar-refractivity contribution >= 4 is 29.2 Å². The van der Waals surface area contributed by atoms with Crippen molar-refractivity contribution < 1.29 is 15.0 Å². The predicted octanol–water partition coefficient (Wildman–Crippen LogP) is 2.50. The van der Waals surface area contributed by atoms with Crippen LogP contribution in [0.3, 0.4) is 0 Å². The minimum Gasteiger partial charge on any atom is -0.481 e. The smallest absolute Gasteiger partial charge is 0.306 e. The van der Waals surface area contributed by atoms with Crippen LogP contribution in [0, 0.1) is 0 Å². The highest BCUT2D eigenvalue weighted by atomic mass is 35.5. The molecule has 1 atom stereocenters. The molecule has 0 bridgehead atoms. The van der Waals surface area contributed by atoms with Gasteiger partial charge in [0, 0.05) is 15.6 Å². The molecule has 0 fully saturated rings. The number of hydrogen-bond acceptors (Lipinski definition) is 2. The number of benzene rings is 1. The molecule has 14 heavy (non-hydrogen) atoms. The number of halogens is 2. The molecule has 0 aliphatic heterocycles. The lowest BCUT2D eigenvalue weighted by Crippen LogP contribution is -2.06. The lowest BCUT2D eigenvalue weighted by molar-refractivity contribution is -0.139. The lowest BCUT2D eigenvalue weighted by Gasteiger charge is -2.11. The normalized spacial score (nSPS) is 12.5. The van der Waals surface area contributed by atoms with Crippen LogP contribution in [0.4, 0.5) is 0 Å². The molecule has 0 radical (unpaired) electrons. The zero-order chi connectivity index (χ0) is 10.7. The van der Waals surface area contributed by atoms with Crippen molar-refractivity contribution in [2.24, 2.45) is 0 Å². The molecule has 0 heterocycles. The van der Waals surface area contributed by atoms with Gasteiger partial charge in [-0.25, -0.2) is 0 Å². The van der Waals surface area contributed by atoms with E-state index in [0.29, 0.717) is 0 Å². The Morgan fingerprint density at radius 2 is 1.86 bits per heavy atom. The number of hydrogen-bond donors (Lipinski definition) is 2. The molecule has 1 rings (SSSR count). The number of aliphatic hydroxyl groups excluding tert-OH is 1. The second kappa shape index (κ2) is 4.64. The van der Waals surface area contributed by atoms with E-state index in [2.05, 4.69) is 0 Å².